The molecule has 2 rings (SSSR count). The molecule has 1 aromatic rings. The van der Waals surface area contributed by atoms with E-state index in [4.69, 9.17) is 15.2 Å². The van der Waals surface area contributed by atoms with Crippen LogP contribution in [0.1, 0.15) is 19.3 Å². The monoisotopic (exact) mass is 209 g/mol. The maximum absolute atomic E-state index is 5.65. The molecule has 0 aromatic carbocycles. The summed E-state index contributed by atoms with van der Waals surface area (Å²) in [6.07, 6.45) is 6.52. The van der Waals surface area contributed by atoms with Gasteiger partial charge in [-0.25, -0.2) is 9.97 Å². The molecule has 1 fully saturated rings. The average Bonchev–Trinajstić information content (AvgIpc) is 2.29. The smallest absolute Gasteiger partial charge is 0.240 e. The summed E-state index contributed by atoms with van der Waals surface area (Å²) >= 11 is 0. The van der Waals surface area contributed by atoms with Crippen molar-refractivity contribution in [2.75, 3.05) is 18.9 Å². The zero-order chi connectivity index (χ0) is 10.5. The third-order valence-electron chi connectivity index (χ3n) is 2.38. The number of rotatable bonds is 3. The van der Waals surface area contributed by atoms with Crippen molar-refractivity contribution in [1.82, 2.24) is 9.97 Å². The lowest BCUT2D eigenvalue weighted by atomic mass is 10.1. The summed E-state index contributed by atoms with van der Waals surface area (Å²) in [5.41, 5.74) is 6.11. The highest BCUT2D eigenvalue weighted by Crippen LogP contribution is 2.17. The largest absolute Gasteiger partial charge is 0.473 e. The molecule has 0 amide bonds. The summed E-state index contributed by atoms with van der Waals surface area (Å²) in [5.74, 6) is 0.444. The molecule has 0 spiro atoms. The van der Waals surface area contributed by atoms with Crippen LogP contribution in [0.15, 0.2) is 12.5 Å². The van der Waals surface area contributed by atoms with E-state index >= 15 is 0 Å². The van der Waals surface area contributed by atoms with Gasteiger partial charge in [0.2, 0.25) is 5.88 Å². The second-order valence-corrected chi connectivity index (χ2v) is 3.58. The van der Waals surface area contributed by atoms with Crippen molar-refractivity contribution in [3.05, 3.63) is 12.5 Å². The van der Waals surface area contributed by atoms with Crippen LogP contribution < -0.4 is 10.5 Å². The summed E-state index contributed by atoms with van der Waals surface area (Å²) in [6.45, 7) is 1.34. The molecular weight excluding hydrogens is 194 g/mol. The van der Waals surface area contributed by atoms with Crippen LogP contribution in [0.5, 0.6) is 5.88 Å². The summed E-state index contributed by atoms with van der Waals surface area (Å²) in [5, 5.41) is 0. The van der Waals surface area contributed by atoms with Gasteiger partial charge in [0.15, 0.2) is 0 Å². The quantitative estimate of drug-likeness (QED) is 0.804. The third kappa shape index (κ3) is 2.79. The van der Waals surface area contributed by atoms with Crippen LogP contribution in [0.4, 0.5) is 5.69 Å². The first-order valence-corrected chi connectivity index (χ1v) is 5.16. The molecule has 0 aliphatic carbocycles. The number of ether oxygens (including phenoxy) is 2. The number of hydrogen-bond acceptors (Lipinski definition) is 5. The Bertz CT molecular complexity index is 313. The Kier molecular flexibility index (Phi) is 3.34. The molecule has 1 aromatic heterocycles. The molecule has 1 atom stereocenters. The van der Waals surface area contributed by atoms with Crippen molar-refractivity contribution in [2.24, 2.45) is 0 Å². The second kappa shape index (κ2) is 4.93. The van der Waals surface area contributed by atoms with Gasteiger partial charge in [0.05, 0.1) is 12.3 Å². The fourth-order valence-electron chi connectivity index (χ4n) is 1.56. The van der Waals surface area contributed by atoms with Crippen molar-refractivity contribution in [1.29, 1.82) is 0 Å². The van der Waals surface area contributed by atoms with Gasteiger partial charge in [0.1, 0.15) is 18.6 Å². The third-order valence-corrected chi connectivity index (χ3v) is 2.38. The lowest BCUT2D eigenvalue weighted by molar-refractivity contribution is -0.0118. The summed E-state index contributed by atoms with van der Waals surface area (Å²) < 4.78 is 11.0. The molecule has 1 saturated heterocycles. The van der Waals surface area contributed by atoms with Crippen molar-refractivity contribution >= 4 is 5.69 Å². The molecule has 2 heterocycles. The minimum Gasteiger partial charge on any atom is -0.473 e. The number of hydrogen-bond donors (Lipinski definition) is 1. The predicted octanol–water partition coefficient (Wildman–Crippen LogP) is 1.01. The zero-order valence-electron chi connectivity index (χ0n) is 8.56. The average molecular weight is 209 g/mol. The highest BCUT2D eigenvalue weighted by Gasteiger charge is 2.15. The van der Waals surface area contributed by atoms with E-state index in [2.05, 4.69) is 9.97 Å². The first kappa shape index (κ1) is 10.2. The second-order valence-electron chi connectivity index (χ2n) is 3.58. The van der Waals surface area contributed by atoms with Crippen molar-refractivity contribution < 1.29 is 9.47 Å². The summed E-state index contributed by atoms with van der Waals surface area (Å²) in [7, 11) is 0. The van der Waals surface area contributed by atoms with Crippen molar-refractivity contribution in [3.8, 4) is 5.88 Å². The molecule has 5 heteroatoms. The van der Waals surface area contributed by atoms with E-state index in [9.17, 15) is 0 Å². The Morgan fingerprint density at radius 2 is 2.47 bits per heavy atom. The van der Waals surface area contributed by atoms with E-state index in [1.165, 1.54) is 18.9 Å². The Balaban J connectivity index is 1.84. The van der Waals surface area contributed by atoms with E-state index in [-0.39, 0.29) is 6.10 Å². The van der Waals surface area contributed by atoms with E-state index in [1.807, 2.05) is 0 Å². The Morgan fingerprint density at radius 3 is 3.20 bits per heavy atom. The van der Waals surface area contributed by atoms with Crippen LogP contribution in [0.2, 0.25) is 0 Å². The molecule has 1 aliphatic heterocycles. The maximum Gasteiger partial charge on any atom is 0.240 e. The van der Waals surface area contributed by atoms with Gasteiger partial charge in [-0.15, -0.1) is 0 Å². The van der Waals surface area contributed by atoms with Crippen LogP contribution in [0.3, 0.4) is 0 Å². The van der Waals surface area contributed by atoms with Gasteiger partial charge in [0.25, 0.3) is 0 Å². The normalized spacial score (nSPS) is 21.2. The van der Waals surface area contributed by atoms with Gasteiger partial charge in [-0.05, 0) is 19.3 Å². The van der Waals surface area contributed by atoms with Gasteiger partial charge in [-0.2, -0.15) is 0 Å². The first-order chi connectivity index (χ1) is 7.36. The number of nitrogen functional groups attached to an aromatic ring is 1. The fourth-order valence-corrected chi connectivity index (χ4v) is 1.56. The fraction of sp³-hybridized carbons (Fsp3) is 0.600. The minimum absolute atomic E-state index is 0.174. The predicted molar refractivity (Wildman–Crippen MR) is 55.5 cm³/mol. The summed E-state index contributed by atoms with van der Waals surface area (Å²) in [6, 6.07) is 0. The van der Waals surface area contributed by atoms with Gasteiger partial charge in [-0.1, -0.05) is 0 Å². The van der Waals surface area contributed by atoms with Crippen molar-refractivity contribution in [3.63, 3.8) is 0 Å². The molecule has 0 bridgehead atoms. The molecule has 5 nitrogen and oxygen atoms in total. The van der Waals surface area contributed by atoms with Gasteiger partial charge in [-0.3, -0.25) is 0 Å². The first-order valence-electron chi connectivity index (χ1n) is 5.16. The molecule has 1 unspecified atom stereocenters. The van der Waals surface area contributed by atoms with Crippen molar-refractivity contribution in [2.45, 2.75) is 25.4 Å². The van der Waals surface area contributed by atoms with E-state index in [0.717, 1.165) is 19.4 Å². The number of anilines is 1. The molecule has 0 radical (unpaired) electrons. The summed E-state index contributed by atoms with van der Waals surface area (Å²) in [4.78, 5) is 7.74. The number of nitrogens with zero attached hydrogens (tertiary/aromatic N) is 2. The van der Waals surface area contributed by atoms with Gasteiger partial charge >= 0.3 is 0 Å². The Hall–Kier alpha value is -1.36. The SMILES string of the molecule is Nc1cncnc1OCC1CCCCO1. The highest BCUT2D eigenvalue weighted by molar-refractivity contribution is 5.44. The van der Waals surface area contributed by atoms with Crippen LogP contribution in [0.25, 0.3) is 0 Å². The maximum atomic E-state index is 5.65. The number of nitrogens with two attached hydrogens (primary N) is 1. The minimum atomic E-state index is 0.174. The Morgan fingerprint density at radius 1 is 1.53 bits per heavy atom. The van der Waals surface area contributed by atoms with E-state index in [1.54, 1.807) is 0 Å². The van der Waals surface area contributed by atoms with Crippen LogP contribution in [-0.4, -0.2) is 29.3 Å². The standard InChI is InChI=1S/C10H15N3O2/c11-9-5-12-7-13-10(9)15-6-8-3-1-2-4-14-8/h5,7-8H,1-4,6,11H2. The van der Waals surface area contributed by atoms with Gasteiger partial charge in [0, 0.05) is 6.61 Å². The Labute approximate surface area is 88.6 Å². The van der Waals surface area contributed by atoms with E-state index < -0.39 is 0 Å². The van der Waals surface area contributed by atoms with Crippen LogP contribution in [-0.2, 0) is 4.74 Å². The highest BCUT2D eigenvalue weighted by atomic mass is 16.5. The van der Waals surface area contributed by atoms with Gasteiger partial charge < -0.3 is 15.2 Å². The lowest BCUT2D eigenvalue weighted by Crippen LogP contribution is -2.26. The molecule has 15 heavy (non-hydrogen) atoms. The topological polar surface area (TPSA) is 70.3 Å². The van der Waals surface area contributed by atoms with E-state index in [0.29, 0.717) is 18.2 Å². The molecule has 1 aliphatic rings. The molecular formula is C10H15N3O2. The molecule has 0 saturated carbocycles. The van der Waals surface area contributed by atoms with Crippen LogP contribution in [0, 0.1) is 0 Å². The number of aromatic nitrogens is 2. The zero-order valence-corrected chi connectivity index (χ0v) is 8.56. The van der Waals surface area contributed by atoms with Crippen LogP contribution >= 0.6 is 0 Å². The lowest BCUT2D eigenvalue weighted by Gasteiger charge is -2.22. The molecule has 2 N–H and O–H groups in total. The molecule has 82 valence electrons.